The van der Waals surface area contributed by atoms with Gasteiger partial charge in [0.15, 0.2) is 0 Å². The third-order valence-corrected chi connectivity index (χ3v) is 6.74. The molecule has 7 nitrogen and oxygen atoms in total. The van der Waals surface area contributed by atoms with Gasteiger partial charge in [0.1, 0.15) is 5.75 Å². The van der Waals surface area contributed by atoms with Gasteiger partial charge < -0.3 is 19.9 Å². The largest absolute Gasteiger partial charge is 0.497 e. The average Bonchev–Trinajstić information content (AvgIpc) is 3.53. The maximum atomic E-state index is 13.6. The molecule has 7 heteroatoms. The molecule has 0 radical (unpaired) electrons. The molecular weight excluding hydrogens is 414 g/mol. The highest BCUT2D eigenvalue weighted by Crippen LogP contribution is 2.34. The number of carbonyl (C=O) groups is 1. The maximum Gasteiger partial charge on any atom is 0.253 e. The Morgan fingerprint density at radius 1 is 1.18 bits per heavy atom. The van der Waals surface area contributed by atoms with Gasteiger partial charge in [-0.2, -0.15) is 5.10 Å². The number of aromatic amines is 2. The van der Waals surface area contributed by atoms with E-state index in [1.165, 1.54) is 0 Å². The number of nitrogens with one attached hydrogen (secondary N) is 3. The Hall–Kier alpha value is -3.58. The summed E-state index contributed by atoms with van der Waals surface area (Å²) < 4.78 is 5.46. The summed E-state index contributed by atoms with van der Waals surface area (Å²) in [6.45, 7) is 2.06. The normalized spacial score (nSPS) is 16.1. The van der Waals surface area contributed by atoms with Gasteiger partial charge in [-0.1, -0.05) is 24.3 Å². The van der Waals surface area contributed by atoms with Crippen LogP contribution in [0, 0.1) is 5.92 Å². The number of hydrogen-bond acceptors (Lipinski definition) is 4. The van der Waals surface area contributed by atoms with E-state index in [-0.39, 0.29) is 11.9 Å². The lowest BCUT2D eigenvalue weighted by Crippen LogP contribution is -2.39. The van der Waals surface area contributed by atoms with Gasteiger partial charge >= 0.3 is 0 Å². The SMILES string of the molecule is COc1cccc(C(NC(=O)c2cccc3c(-c4cn[nH]c4)c[nH]c23)C2CCN(C)CC2)c1. The van der Waals surface area contributed by atoms with Crippen LogP contribution in [0.2, 0.25) is 0 Å². The number of aromatic nitrogens is 3. The lowest BCUT2D eigenvalue weighted by atomic mass is 9.85. The van der Waals surface area contributed by atoms with Crippen LogP contribution in [-0.2, 0) is 0 Å². The first-order valence-corrected chi connectivity index (χ1v) is 11.4. The van der Waals surface area contributed by atoms with Crippen molar-refractivity contribution in [1.82, 2.24) is 25.4 Å². The summed E-state index contributed by atoms with van der Waals surface area (Å²) in [4.78, 5) is 19.3. The summed E-state index contributed by atoms with van der Waals surface area (Å²) in [6, 6.07) is 13.8. The maximum absolute atomic E-state index is 13.6. The van der Waals surface area contributed by atoms with Gasteiger partial charge in [-0.25, -0.2) is 0 Å². The predicted molar refractivity (Wildman–Crippen MR) is 129 cm³/mol. The van der Waals surface area contributed by atoms with Crippen LogP contribution < -0.4 is 10.1 Å². The van der Waals surface area contributed by atoms with Crippen molar-refractivity contribution in [2.45, 2.75) is 18.9 Å². The summed E-state index contributed by atoms with van der Waals surface area (Å²) in [7, 11) is 3.82. The fraction of sp³-hybridized carbons (Fsp3) is 0.308. The molecule has 1 aliphatic rings. The quantitative estimate of drug-likeness (QED) is 0.413. The van der Waals surface area contributed by atoms with Crippen molar-refractivity contribution in [3.05, 3.63) is 72.2 Å². The number of para-hydroxylation sites is 1. The van der Waals surface area contributed by atoms with E-state index in [4.69, 9.17) is 4.74 Å². The Morgan fingerprint density at radius 3 is 2.76 bits per heavy atom. The number of ether oxygens (including phenoxy) is 1. The first kappa shape index (κ1) is 21.3. The monoisotopic (exact) mass is 443 g/mol. The highest BCUT2D eigenvalue weighted by atomic mass is 16.5. The van der Waals surface area contributed by atoms with E-state index in [2.05, 4.69) is 38.5 Å². The van der Waals surface area contributed by atoms with Crippen molar-refractivity contribution in [1.29, 1.82) is 0 Å². The number of piperidine rings is 1. The van der Waals surface area contributed by atoms with Crippen molar-refractivity contribution in [3.8, 4) is 16.9 Å². The lowest BCUT2D eigenvalue weighted by Gasteiger charge is -2.35. The van der Waals surface area contributed by atoms with Gasteiger partial charge in [0.05, 0.1) is 30.4 Å². The molecule has 4 aromatic rings. The van der Waals surface area contributed by atoms with E-state index in [0.717, 1.165) is 59.3 Å². The van der Waals surface area contributed by atoms with E-state index >= 15 is 0 Å². The molecule has 0 saturated carbocycles. The summed E-state index contributed by atoms with van der Waals surface area (Å²) in [5.41, 5.74) is 4.56. The number of likely N-dealkylation sites (tertiary alicyclic amines) is 1. The number of H-pyrrole nitrogens is 2. The topological polar surface area (TPSA) is 86.0 Å². The van der Waals surface area contributed by atoms with Crippen LogP contribution in [0.3, 0.4) is 0 Å². The van der Waals surface area contributed by atoms with Gasteiger partial charge in [-0.15, -0.1) is 0 Å². The lowest BCUT2D eigenvalue weighted by molar-refractivity contribution is 0.0902. The molecule has 1 atom stereocenters. The molecule has 3 N–H and O–H groups in total. The highest BCUT2D eigenvalue weighted by Gasteiger charge is 2.29. The van der Waals surface area contributed by atoms with Gasteiger partial charge in [-0.3, -0.25) is 9.89 Å². The Morgan fingerprint density at radius 2 is 2.00 bits per heavy atom. The molecule has 1 saturated heterocycles. The molecule has 170 valence electrons. The fourth-order valence-corrected chi connectivity index (χ4v) is 4.87. The molecule has 1 unspecified atom stereocenters. The summed E-state index contributed by atoms with van der Waals surface area (Å²) in [6.07, 6.45) is 7.65. The van der Waals surface area contributed by atoms with Crippen molar-refractivity contribution < 1.29 is 9.53 Å². The zero-order chi connectivity index (χ0) is 22.8. The summed E-state index contributed by atoms with van der Waals surface area (Å²) in [5, 5.41) is 11.3. The number of fused-ring (bicyclic) bond motifs is 1. The highest BCUT2D eigenvalue weighted by molar-refractivity contribution is 6.09. The van der Waals surface area contributed by atoms with Gasteiger partial charge in [0.2, 0.25) is 0 Å². The third kappa shape index (κ3) is 4.24. The number of rotatable bonds is 6. The summed E-state index contributed by atoms with van der Waals surface area (Å²) >= 11 is 0. The van der Waals surface area contributed by atoms with E-state index < -0.39 is 0 Å². The van der Waals surface area contributed by atoms with Crippen LogP contribution in [-0.4, -0.2) is 53.2 Å². The van der Waals surface area contributed by atoms with E-state index in [9.17, 15) is 4.79 Å². The minimum Gasteiger partial charge on any atom is -0.497 e. The van der Waals surface area contributed by atoms with Crippen LogP contribution in [0.1, 0.15) is 34.8 Å². The molecule has 0 spiro atoms. The molecule has 5 rings (SSSR count). The molecular formula is C26H29N5O2. The zero-order valence-electron chi connectivity index (χ0n) is 19.0. The van der Waals surface area contributed by atoms with Gasteiger partial charge in [-0.05, 0) is 62.7 Å². The number of methoxy groups -OCH3 is 1. The van der Waals surface area contributed by atoms with Crippen molar-refractivity contribution in [2.24, 2.45) is 5.92 Å². The molecule has 1 aliphatic heterocycles. The molecule has 33 heavy (non-hydrogen) atoms. The average molecular weight is 444 g/mol. The Bertz CT molecular complexity index is 1240. The van der Waals surface area contributed by atoms with Crippen LogP contribution in [0.5, 0.6) is 5.75 Å². The van der Waals surface area contributed by atoms with Gasteiger partial charge in [0.25, 0.3) is 5.91 Å². The number of benzene rings is 2. The van der Waals surface area contributed by atoms with Crippen LogP contribution in [0.25, 0.3) is 22.0 Å². The third-order valence-electron chi connectivity index (χ3n) is 6.74. The predicted octanol–water partition coefficient (Wildman–Crippen LogP) is 4.38. The molecule has 0 aliphatic carbocycles. The Labute approximate surface area is 193 Å². The number of hydrogen-bond donors (Lipinski definition) is 3. The second kappa shape index (κ2) is 9.11. The number of amides is 1. The van der Waals surface area contributed by atoms with Crippen molar-refractivity contribution >= 4 is 16.8 Å². The molecule has 1 amide bonds. The molecule has 2 aromatic carbocycles. The first-order valence-electron chi connectivity index (χ1n) is 11.4. The molecule has 2 aromatic heterocycles. The van der Waals surface area contributed by atoms with Crippen molar-refractivity contribution in [3.63, 3.8) is 0 Å². The molecule has 1 fully saturated rings. The van der Waals surface area contributed by atoms with Crippen LogP contribution >= 0.6 is 0 Å². The fourth-order valence-electron chi connectivity index (χ4n) is 4.87. The minimum atomic E-state index is -0.0835. The van der Waals surface area contributed by atoms with Crippen molar-refractivity contribution in [2.75, 3.05) is 27.2 Å². The number of nitrogens with zero attached hydrogens (tertiary/aromatic N) is 2. The second-order valence-electron chi connectivity index (χ2n) is 8.79. The minimum absolute atomic E-state index is 0.0760. The summed E-state index contributed by atoms with van der Waals surface area (Å²) in [5.74, 6) is 1.09. The van der Waals surface area contributed by atoms with Crippen LogP contribution in [0.15, 0.2) is 61.1 Å². The smallest absolute Gasteiger partial charge is 0.253 e. The van der Waals surface area contributed by atoms with Crippen LogP contribution in [0.4, 0.5) is 0 Å². The first-order chi connectivity index (χ1) is 16.1. The van der Waals surface area contributed by atoms with Gasteiger partial charge in [0, 0.05) is 28.9 Å². The molecule has 0 bridgehead atoms. The number of carbonyl (C=O) groups excluding carboxylic acids is 1. The van der Waals surface area contributed by atoms with E-state index in [1.54, 1.807) is 13.3 Å². The molecule has 3 heterocycles. The Kier molecular flexibility index (Phi) is 5.88. The van der Waals surface area contributed by atoms with E-state index in [1.807, 2.05) is 48.8 Å². The second-order valence-corrected chi connectivity index (χ2v) is 8.79. The van der Waals surface area contributed by atoms with E-state index in [0.29, 0.717) is 11.5 Å². The zero-order valence-corrected chi connectivity index (χ0v) is 19.0. The standard InChI is InChI=1S/C26H29N5O2/c1-31-11-9-17(10-12-31)24(18-5-3-6-20(13-18)33-2)30-26(32)22-8-4-7-21-23(16-27-25(21)22)19-14-28-29-15-19/h3-8,13-17,24,27H,9-12H2,1-2H3,(H,28,29)(H,30,32). The Balaban J connectivity index is 1.48.